The van der Waals surface area contributed by atoms with Crippen molar-refractivity contribution in [3.8, 4) is 11.5 Å². The summed E-state index contributed by atoms with van der Waals surface area (Å²) in [5.74, 6) is 1.47. The van der Waals surface area contributed by atoms with E-state index < -0.39 is 0 Å². The first-order valence-electron chi connectivity index (χ1n) is 8.92. The van der Waals surface area contributed by atoms with Gasteiger partial charge in [0.2, 0.25) is 0 Å². The van der Waals surface area contributed by atoms with Crippen LogP contribution in [0.1, 0.15) is 45.2 Å². The van der Waals surface area contributed by atoms with E-state index >= 15 is 0 Å². The van der Waals surface area contributed by atoms with E-state index in [0.29, 0.717) is 13.2 Å². The molecule has 2 aromatic carbocycles. The molecular weight excluding hydrogens is 414 g/mol. The molecule has 0 radical (unpaired) electrons. The fraction of sp³-hybridized carbons (Fsp3) is 0.429. The highest BCUT2D eigenvalue weighted by molar-refractivity contribution is 9.10. The molecule has 0 spiro atoms. The van der Waals surface area contributed by atoms with Gasteiger partial charge in [0.15, 0.2) is 11.5 Å². The first kappa shape index (κ1) is 21.1. The zero-order chi connectivity index (χ0) is 19.2. The first-order chi connectivity index (χ1) is 12.3. The number of benzene rings is 2. The van der Waals surface area contributed by atoms with Gasteiger partial charge in [-0.15, -0.1) is 0 Å². The van der Waals surface area contributed by atoms with Crippen LogP contribution in [-0.4, -0.2) is 12.1 Å². The summed E-state index contributed by atoms with van der Waals surface area (Å²) >= 11 is 9.57. The Morgan fingerprint density at radius 3 is 2.35 bits per heavy atom. The second-order valence-electron chi connectivity index (χ2n) is 6.84. The van der Waals surface area contributed by atoms with Crippen LogP contribution >= 0.6 is 27.5 Å². The molecule has 5 heteroatoms. The SMILES string of the molecule is CCOc1cc(CNC(C)(C)CC)cc(Br)c1OCc1ccc(Cl)cc1. The quantitative estimate of drug-likeness (QED) is 0.492. The van der Waals surface area contributed by atoms with Crippen LogP contribution < -0.4 is 14.8 Å². The summed E-state index contributed by atoms with van der Waals surface area (Å²) in [5, 5.41) is 4.29. The number of nitrogens with one attached hydrogen (secondary N) is 1. The van der Waals surface area contributed by atoms with Crippen molar-refractivity contribution in [2.24, 2.45) is 0 Å². The van der Waals surface area contributed by atoms with Crippen LogP contribution in [0.15, 0.2) is 40.9 Å². The number of rotatable bonds is 9. The van der Waals surface area contributed by atoms with Crippen LogP contribution in [0.4, 0.5) is 0 Å². The van der Waals surface area contributed by atoms with Crippen molar-refractivity contribution in [3.63, 3.8) is 0 Å². The second-order valence-corrected chi connectivity index (χ2v) is 8.13. The lowest BCUT2D eigenvalue weighted by Gasteiger charge is -2.25. The van der Waals surface area contributed by atoms with Gasteiger partial charge in [-0.25, -0.2) is 0 Å². The standard InChI is InChI=1S/C21H27BrClNO2/c1-5-21(3,4)24-13-16-11-18(22)20(19(12-16)25-6-2)26-14-15-7-9-17(23)10-8-15/h7-12,24H,5-6,13-14H2,1-4H3. The highest BCUT2D eigenvalue weighted by atomic mass is 79.9. The van der Waals surface area contributed by atoms with E-state index in [2.05, 4.69) is 48.1 Å². The lowest BCUT2D eigenvalue weighted by molar-refractivity contribution is 0.267. The maximum absolute atomic E-state index is 6.03. The third-order valence-corrected chi connectivity index (χ3v) is 5.16. The minimum Gasteiger partial charge on any atom is -0.490 e. The lowest BCUT2D eigenvalue weighted by Crippen LogP contribution is -2.37. The van der Waals surface area contributed by atoms with Crippen LogP contribution in [-0.2, 0) is 13.2 Å². The number of ether oxygens (including phenoxy) is 2. The molecular formula is C21H27BrClNO2. The zero-order valence-electron chi connectivity index (χ0n) is 15.9. The minimum atomic E-state index is 0.0992. The van der Waals surface area contributed by atoms with Crippen LogP contribution in [0.3, 0.4) is 0 Å². The molecule has 1 N–H and O–H groups in total. The Hall–Kier alpha value is -1.23. The van der Waals surface area contributed by atoms with Gasteiger partial charge >= 0.3 is 0 Å². The van der Waals surface area contributed by atoms with Gasteiger partial charge < -0.3 is 14.8 Å². The predicted octanol–water partition coefficient (Wildman–Crippen LogP) is 6.36. The van der Waals surface area contributed by atoms with Crippen molar-refractivity contribution in [3.05, 3.63) is 57.0 Å². The van der Waals surface area contributed by atoms with Crippen molar-refractivity contribution in [2.75, 3.05) is 6.61 Å². The number of hydrogen-bond donors (Lipinski definition) is 1. The van der Waals surface area contributed by atoms with E-state index in [-0.39, 0.29) is 5.54 Å². The normalized spacial score (nSPS) is 11.5. The smallest absolute Gasteiger partial charge is 0.175 e. The van der Waals surface area contributed by atoms with E-state index in [9.17, 15) is 0 Å². The van der Waals surface area contributed by atoms with Crippen molar-refractivity contribution in [1.29, 1.82) is 0 Å². The zero-order valence-corrected chi connectivity index (χ0v) is 18.2. The van der Waals surface area contributed by atoms with E-state index in [4.69, 9.17) is 21.1 Å². The summed E-state index contributed by atoms with van der Waals surface area (Å²) in [6, 6.07) is 11.8. The van der Waals surface area contributed by atoms with Gasteiger partial charge in [-0.3, -0.25) is 0 Å². The molecule has 142 valence electrons. The summed E-state index contributed by atoms with van der Waals surface area (Å²) in [6.45, 7) is 10.4. The third kappa shape index (κ3) is 6.19. The van der Waals surface area contributed by atoms with Gasteiger partial charge in [0.25, 0.3) is 0 Å². The molecule has 0 saturated heterocycles. The topological polar surface area (TPSA) is 30.5 Å². The van der Waals surface area contributed by atoms with Crippen molar-refractivity contribution < 1.29 is 9.47 Å². The molecule has 0 heterocycles. The Balaban J connectivity index is 2.15. The fourth-order valence-electron chi connectivity index (χ4n) is 2.33. The average molecular weight is 441 g/mol. The van der Waals surface area contributed by atoms with Crippen LogP contribution in [0, 0.1) is 0 Å². The van der Waals surface area contributed by atoms with E-state index in [0.717, 1.165) is 45.1 Å². The van der Waals surface area contributed by atoms with Gasteiger partial charge in [-0.1, -0.05) is 30.7 Å². The highest BCUT2D eigenvalue weighted by Gasteiger charge is 2.16. The highest BCUT2D eigenvalue weighted by Crippen LogP contribution is 2.37. The molecule has 0 aliphatic heterocycles. The Morgan fingerprint density at radius 2 is 1.73 bits per heavy atom. The Labute approximate surface area is 170 Å². The minimum absolute atomic E-state index is 0.0992. The van der Waals surface area contributed by atoms with E-state index in [1.807, 2.05) is 37.3 Å². The van der Waals surface area contributed by atoms with Gasteiger partial charge in [0, 0.05) is 17.1 Å². The molecule has 0 saturated carbocycles. The molecule has 0 aliphatic rings. The largest absolute Gasteiger partial charge is 0.490 e. The maximum Gasteiger partial charge on any atom is 0.175 e. The van der Waals surface area contributed by atoms with Crippen LogP contribution in [0.25, 0.3) is 0 Å². The van der Waals surface area contributed by atoms with E-state index in [1.165, 1.54) is 0 Å². The predicted molar refractivity (Wildman–Crippen MR) is 112 cm³/mol. The first-order valence-corrected chi connectivity index (χ1v) is 10.1. The molecule has 0 bridgehead atoms. The van der Waals surface area contributed by atoms with Crippen LogP contribution in [0.5, 0.6) is 11.5 Å². The van der Waals surface area contributed by atoms with Crippen molar-refractivity contribution in [2.45, 2.75) is 52.8 Å². The summed E-state index contributed by atoms with van der Waals surface area (Å²) in [4.78, 5) is 0. The summed E-state index contributed by atoms with van der Waals surface area (Å²) in [7, 11) is 0. The average Bonchev–Trinajstić information content (AvgIpc) is 2.61. The molecule has 0 fully saturated rings. The molecule has 26 heavy (non-hydrogen) atoms. The lowest BCUT2D eigenvalue weighted by atomic mass is 10.0. The second kappa shape index (κ2) is 9.63. The molecule has 0 amide bonds. The Kier molecular flexibility index (Phi) is 7.81. The monoisotopic (exact) mass is 439 g/mol. The molecule has 0 unspecified atom stereocenters. The van der Waals surface area contributed by atoms with E-state index in [1.54, 1.807) is 0 Å². The maximum atomic E-state index is 6.03. The summed E-state index contributed by atoms with van der Waals surface area (Å²) in [6.07, 6.45) is 1.06. The van der Waals surface area contributed by atoms with Crippen molar-refractivity contribution in [1.82, 2.24) is 5.32 Å². The van der Waals surface area contributed by atoms with Gasteiger partial charge in [0.1, 0.15) is 6.61 Å². The molecule has 0 aliphatic carbocycles. The molecule has 2 aromatic rings. The molecule has 3 nitrogen and oxygen atoms in total. The van der Waals surface area contributed by atoms with Gasteiger partial charge in [0.05, 0.1) is 11.1 Å². The van der Waals surface area contributed by atoms with Gasteiger partial charge in [-0.05, 0) is 78.5 Å². The molecule has 2 rings (SSSR count). The molecule has 0 aromatic heterocycles. The van der Waals surface area contributed by atoms with Gasteiger partial charge in [-0.2, -0.15) is 0 Å². The molecule has 0 atom stereocenters. The number of halogens is 2. The Bertz CT molecular complexity index is 717. The summed E-state index contributed by atoms with van der Waals surface area (Å²) < 4.78 is 12.7. The number of hydrogen-bond acceptors (Lipinski definition) is 3. The Morgan fingerprint density at radius 1 is 1.04 bits per heavy atom. The van der Waals surface area contributed by atoms with Crippen molar-refractivity contribution >= 4 is 27.5 Å². The third-order valence-electron chi connectivity index (χ3n) is 4.32. The summed E-state index contributed by atoms with van der Waals surface area (Å²) in [5.41, 5.74) is 2.31. The van der Waals surface area contributed by atoms with Crippen LogP contribution in [0.2, 0.25) is 5.02 Å². The fourth-order valence-corrected chi connectivity index (χ4v) is 3.06.